The maximum Gasteiger partial charge on any atom is 0.466 e. The maximum absolute atomic E-state index is 7.08. The molecule has 0 N–H and O–H groups in total. The van der Waals surface area contributed by atoms with E-state index in [4.69, 9.17) is 42.0 Å². The molecule has 4 saturated heterocycles. The van der Waals surface area contributed by atoms with E-state index in [9.17, 15) is 0 Å². The lowest BCUT2D eigenvalue weighted by atomic mass is 9.21. The monoisotopic (exact) mass is 640 g/mol. The van der Waals surface area contributed by atoms with Crippen molar-refractivity contribution in [1.82, 2.24) is 0 Å². The molecule has 1 aromatic rings. The second kappa shape index (κ2) is 10.7. The molecule has 5 rings (SSSR count). The zero-order valence-corrected chi connectivity index (χ0v) is 31.4. The number of hydrogen-bond acceptors (Lipinski definition) is 9. The molecule has 0 bridgehead atoms. The van der Waals surface area contributed by atoms with Crippen LogP contribution in [0, 0.1) is 0 Å². The first-order valence-electron chi connectivity index (χ1n) is 16.7. The molecule has 9 nitrogen and oxygen atoms in total. The lowest BCUT2D eigenvalue weighted by molar-refractivity contribution is 0.00578. The molecule has 0 aromatic heterocycles. The van der Waals surface area contributed by atoms with Crippen molar-refractivity contribution in [3.05, 3.63) is 29.8 Å². The van der Waals surface area contributed by atoms with Gasteiger partial charge in [-0.2, -0.15) is 0 Å². The van der Waals surface area contributed by atoms with Gasteiger partial charge in [0.1, 0.15) is 5.75 Å². The fourth-order valence-corrected chi connectivity index (χ4v) is 6.59. The standard InChI is InChI=1S/C33H56B4O9/c1-25(2)26(3,4)40-34(39-25)24(35-41-27(5,6)28(7,8)42-35)33(22-20-18-19-21-23(22)38-17,36-43-29(9,10)30(11,12)44-36)37-45-31(13,14)32(15,16)46-37/h18-21,24H,1-17H3. The second-order valence-electron chi connectivity index (χ2n) is 17.6. The van der Waals surface area contributed by atoms with Crippen molar-refractivity contribution >= 4 is 28.5 Å². The van der Waals surface area contributed by atoms with Crippen LogP contribution in [0.15, 0.2) is 24.3 Å². The average molecular weight is 640 g/mol. The van der Waals surface area contributed by atoms with Gasteiger partial charge in [0.25, 0.3) is 0 Å². The van der Waals surface area contributed by atoms with E-state index in [2.05, 4.69) is 0 Å². The molecule has 0 spiro atoms. The molecule has 0 saturated carbocycles. The Labute approximate surface area is 279 Å². The molecule has 4 heterocycles. The van der Waals surface area contributed by atoms with Crippen LogP contribution in [0.2, 0.25) is 5.72 Å². The summed E-state index contributed by atoms with van der Waals surface area (Å²) in [6, 6.07) is 7.89. The van der Waals surface area contributed by atoms with Crippen molar-refractivity contribution in [3.8, 4) is 5.75 Å². The minimum Gasteiger partial charge on any atom is -0.497 e. The Morgan fingerprint density at radius 3 is 1.07 bits per heavy atom. The van der Waals surface area contributed by atoms with Gasteiger partial charge in [-0.1, -0.05) is 18.2 Å². The molecule has 0 atom stereocenters. The second-order valence-corrected chi connectivity index (χ2v) is 17.6. The van der Waals surface area contributed by atoms with Crippen LogP contribution in [0.3, 0.4) is 0 Å². The molecule has 1 aromatic carbocycles. The van der Waals surface area contributed by atoms with E-state index in [1.165, 1.54) is 0 Å². The van der Waals surface area contributed by atoms with Crippen LogP contribution in [0.25, 0.3) is 0 Å². The molecule has 254 valence electrons. The fraction of sp³-hybridized carbons (Fsp3) is 0.818. The van der Waals surface area contributed by atoms with Gasteiger partial charge in [0.05, 0.1) is 57.1 Å². The Bertz CT molecular complexity index is 1190. The minimum absolute atomic E-state index is 0.616. The first-order chi connectivity index (χ1) is 20.7. The molecule has 0 radical (unpaired) electrons. The summed E-state index contributed by atoms with van der Waals surface area (Å²) in [5.74, 6) is 0.616. The van der Waals surface area contributed by atoms with E-state index >= 15 is 0 Å². The highest BCUT2D eigenvalue weighted by Gasteiger charge is 2.79. The Morgan fingerprint density at radius 1 is 0.478 bits per heavy atom. The van der Waals surface area contributed by atoms with Crippen LogP contribution < -0.4 is 4.74 Å². The summed E-state index contributed by atoms with van der Waals surface area (Å²) in [6.45, 7) is 32.7. The molecule has 4 aliphatic heterocycles. The number of rotatable bonds is 7. The van der Waals surface area contributed by atoms with Gasteiger partial charge >= 0.3 is 28.5 Å². The predicted molar refractivity (Wildman–Crippen MR) is 183 cm³/mol. The Hall–Kier alpha value is -1.04. The van der Waals surface area contributed by atoms with Crippen LogP contribution in [-0.4, -0.2) is 80.4 Å². The van der Waals surface area contributed by atoms with Gasteiger partial charge in [-0.15, -0.1) is 0 Å². The summed E-state index contributed by atoms with van der Waals surface area (Å²) >= 11 is 0. The highest BCUT2D eigenvalue weighted by Crippen LogP contribution is 2.60. The Balaban J connectivity index is 1.89. The van der Waals surface area contributed by atoms with Gasteiger partial charge in [-0.05, 0) is 122 Å². The lowest BCUT2D eigenvalue weighted by Crippen LogP contribution is -2.67. The van der Waals surface area contributed by atoms with Gasteiger partial charge in [-0.25, -0.2) is 0 Å². The molecule has 0 aliphatic carbocycles. The highest BCUT2D eigenvalue weighted by atomic mass is 16.7. The number of hydrogen-bond donors (Lipinski definition) is 0. The van der Waals surface area contributed by atoms with E-state index in [0.717, 1.165) is 5.56 Å². The van der Waals surface area contributed by atoms with Crippen molar-refractivity contribution in [2.75, 3.05) is 7.11 Å². The molecule has 46 heavy (non-hydrogen) atoms. The molecule has 4 aliphatic rings. The van der Waals surface area contributed by atoms with E-state index in [1.807, 2.05) is 135 Å². The van der Waals surface area contributed by atoms with E-state index in [1.54, 1.807) is 7.11 Å². The molecular formula is C33H56B4O9. The minimum atomic E-state index is -1.33. The summed E-state index contributed by atoms with van der Waals surface area (Å²) in [5.41, 5.74) is -5.49. The van der Waals surface area contributed by atoms with Crippen LogP contribution >= 0.6 is 0 Å². The van der Waals surface area contributed by atoms with Gasteiger partial charge in [0.2, 0.25) is 0 Å². The topological polar surface area (TPSA) is 83.1 Å². The number of benzene rings is 1. The van der Waals surface area contributed by atoms with Gasteiger partial charge in [0, 0.05) is 5.72 Å². The summed E-state index contributed by atoms with van der Waals surface area (Å²) in [6.07, 6.45) is 0. The normalized spacial score (nSPS) is 28.4. The zero-order chi connectivity index (χ0) is 34.7. The van der Waals surface area contributed by atoms with Gasteiger partial charge < -0.3 is 42.0 Å². The number of ether oxygens (including phenoxy) is 1. The van der Waals surface area contributed by atoms with E-state index in [0.29, 0.717) is 5.75 Å². The summed E-state index contributed by atoms with van der Waals surface area (Å²) in [5, 5.41) is -1.33. The molecule has 4 fully saturated rings. The smallest absolute Gasteiger partial charge is 0.466 e. The van der Waals surface area contributed by atoms with Gasteiger partial charge in [-0.3, -0.25) is 0 Å². The Kier molecular flexibility index (Phi) is 8.45. The summed E-state index contributed by atoms with van der Waals surface area (Å²) < 4.78 is 62.3. The quantitative estimate of drug-likeness (QED) is 0.320. The van der Waals surface area contributed by atoms with Crippen LogP contribution in [0.1, 0.15) is 116 Å². The first-order valence-corrected chi connectivity index (χ1v) is 16.7. The molecule has 13 heteroatoms. The lowest BCUT2D eigenvalue weighted by Gasteiger charge is -2.45. The first kappa shape index (κ1) is 36.2. The van der Waals surface area contributed by atoms with Crippen LogP contribution in [0.5, 0.6) is 5.75 Å². The van der Waals surface area contributed by atoms with Crippen molar-refractivity contribution < 1.29 is 42.0 Å². The summed E-state index contributed by atoms with van der Waals surface area (Å²) in [7, 11) is -1.93. The van der Waals surface area contributed by atoms with E-state index in [-0.39, 0.29) is 0 Å². The maximum atomic E-state index is 7.08. The largest absolute Gasteiger partial charge is 0.497 e. The van der Waals surface area contributed by atoms with Crippen LogP contribution in [0.4, 0.5) is 0 Å². The predicted octanol–water partition coefficient (Wildman–Crippen LogP) is 6.29. The van der Waals surface area contributed by atoms with Crippen LogP contribution in [-0.2, 0) is 42.4 Å². The number of para-hydroxylation sites is 1. The van der Waals surface area contributed by atoms with E-state index < -0.39 is 84.2 Å². The van der Waals surface area contributed by atoms with Gasteiger partial charge in [0.15, 0.2) is 0 Å². The van der Waals surface area contributed by atoms with Crippen molar-refractivity contribution in [2.24, 2.45) is 0 Å². The SMILES string of the molecule is COc1ccccc1C(B1OC(C)(C)C(C)(C)O1)(B1OC(C)(C)C(C)(C)O1)C(B1OC(C)(C)C(C)(C)O1)B1OC(C)(C)C(C)(C)O1. The fourth-order valence-electron chi connectivity index (χ4n) is 6.59. The summed E-state index contributed by atoms with van der Waals surface area (Å²) in [4.78, 5) is 0. The third kappa shape index (κ3) is 5.26. The number of methoxy groups -OCH3 is 1. The van der Waals surface area contributed by atoms with Crippen molar-refractivity contribution in [1.29, 1.82) is 0 Å². The molecule has 0 unspecified atom stereocenters. The average Bonchev–Trinajstić information content (AvgIpc) is 3.42. The van der Waals surface area contributed by atoms with Crippen molar-refractivity contribution in [2.45, 2.75) is 167 Å². The zero-order valence-electron chi connectivity index (χ0n) is 31.4. The third-order valence-electron chi connectivity index (χ3n) is 12.5. The van der Waals surface area contributed by atoms with Crippen molar-refractivity contribution in [3.63, 3.8) is 0 Å². The molecule has 0 amide bonds. The third-order valence-corrected chi connectivity index (χ3v) is 12.5. The highest BCUT2D eigenvalue weighted by molar-refractivity contribution is 6.81. The molecular weight excluding hydrogens is 584 g/mol. The Morgan fingerprint density at radius 2 is 0.761 bits per heavy atom.